The van der Waals surface area contributed by atoms with Gasteiger partial charge in [-0.2, -0.15) is 13.2 Å². The Morgan fingerprint density at radius 2 is 2.07 bits per heavy atom. The molecule has 142 valence electrons. The van der Waals surface area contributed by atoms with E-state index in [0.29, 0.717) is 12.8 Å². The average molecular weight is 377 g/mol. The number of carbonyl (C=O) groups excluding carboxylic acids is 2. The van der Waals surface area contributed by atoms with E-state index in [2.05, 4.69) is 10.3 Å². The Bertz CT molecular complexity index is 824. The first-order chi connectivity index (χ1) is 12.8. The fraction of sp³-hybridized carbons (Fsp3) is 0.316. The SMILES string of the molecule is O=C1CCC(CN(Cc2cccnc2)C(=O)c2cccc(C(F)(F)F)c2)N1. The number of aromatic nitrogens is 1. The first-order valence-corrected chi connectivity index (χ1v) is 8.48. The van der Waals surface area contributed by atoms with Crippen LogP contribution in [0.25, 0.3) is 0 Å². The van der Waals surface area contributed by atoms with Crippen molar-refractivity contribution in [2.75, 3.05) is 6.54 Å². The van der Waals surface area contributed by atoms with Crippen molar-refractivity contribution in [2.45, 2.75) is 31.6 Å². The van der Waals surface area contributed by atoms with E-state index in [4.69, 9.17) is 0 Å². The van der Waals surface area contributed by atoms with Gasteiger partial charge in [0.05, 0.1) is 5.56 Å². The molecule has 0 radical (unpaired) electrons. The van der Waals surface area contributed by atoms with Gasteiger partial charge in [0.2, 0.25) is 5.91 Å². The molecule has 8 heteroatoms. The molecule has 0 bridgehead atoms. The second-order valence-electron chi connectivity index (χ2n) is 6.43. The van der Waals surface area contributed by atoms with E-state index >= 15 is 0 Å². The summed E-state index contributed by atoms with van der Waals surface area (Å²) in [5, 5.41) is 2.78. The van der Waals surface area contributed by atoms with Crippen molar-refractivity contribution in [3.05, 3.63) is 65.5 Å². The predicted molar refractivity (Wildman–Crippen MR) is 91.6 cm³/mol. The van der Waals surface area contributed by atoms with Crippen LogP contribution in [-0.4, -0.2) is 34.3 Å². The number of amides is 2. The number of hydrogen-bond acceptors (Lipinski definition) is 3. The van der Waals surface area contributed by atoms with Crippen LogP contribution in [0, 0.1) is 0 Å². The zero-order valence-corrected chi connectivity index (χ0v) is 14.4. The molecule has 1 fully saturated rings. The lowest BCUT2D eigenvalue weighted by Crippen LogP contribution is -2.41. The van der Waals surface area contributed by atoms with Gasteiger partial charge in [0, 0.05) is 43.5 Å². The summed E-state index contributed by atoms with van der Waals surface area (Å²) in [6.07, 6.45) is -0.370. The highest BCUT2D eigenvalue weighted by Crippen LogP contribution is 2.30. The Hall–Kier alpha value is -2.90. The van der Waals surface area contributed by atoms with Gasteiger partial charge in [0.25, 0.3) is 5.91 Å². The summed E-state index contributed by atoms with van der Waals surface area (Å²) in [6, 6.07) is 7.65. The van der Waals surface area contributed by atoms with Crippen LogP contribution < -0.4 is 5.32 Å². The number of benzene rings is 1. The van der Waals surface area contributed by atoms with E-state index in [1.807, 2.05) is 0 Å². The molecular weight excluding hydrogens is 359 g/mol. The van der Waals surface area contributed by atoms with Gasteiger partial charge in [0.1, 0.15) is 0 Å². The molecule has 0 saturated carbocycles. The van der Waals surface area contributed by atoms with Crippen molar-refractivity contribution in [3.63, 3.8) is 0 Å². The third-order valence-corrected chi connectivity index (χ3v) is 4.35. The van der Waals surface area contributed by atoms with Gasteiger partial charge in [-0.25, -0.2) is 0 Å². The van der Waals surface area contributed by atoms with Crippen molar-refractivity contribution in [3.8, 4) is 0 Å². The quantitative estimate of drug-likeness (QED) is 0.871. The Balaban J connectivity index is 1.84. The van der Waals surface area contributed by atoms with Gasteiger partial charge < -0.3 is 10.2 Å². The lowest BCUT2D eigenvalue weighted by molar-refractivity contribution is -0.137. The molecule has 1 unspecified atom stereocenters. The Labute approximate surface area is 154 Å². The number of carbonyl (C=O) groups is 2. The van der Waals surface area contributed by atoms with Crippen LogP contribution in [0.5, 0.6) is 0 Å². The van der Waals surface area contributed by atoms with Crippen molar-refractivity contribution in [2.24, 2.45) is 0 Å². The smallest absolute Gasteiger partial charge is 0.352 e. The normalized spacial score (nSPS) is 16.9. The van der Waals surface area contributed by atoms with Crippen molar-refractivity contribution in [1.29, 1.82) is 0 Å². The monoisotopic (exact) mass is 377 g/mol. The van der Waals surface area contributed by atoms with E-state index in [1.165, 1.54) is 17.0 Å². The summed E-state index contributed by atoms with van der Waals surface area (Å²) in [7, 11) is 0. The second kappa shape index (κ2) is 7.77. The number of nitrogens with one attached hydrogen (secondary N) is 1. The summed E-state index contributed by atoms with van der Waals surface area (Å²) in [6.45, 7) is 0.408. The van der Waals surface area contributed by atoms with Crippen LogP contribution >= 0.6 is 0 Å². The number of alkyl halides is 3. The molecule has 2 aromatic rings. The molecule has 1 saturated heterocycles. The van der Waals surface area contributed by atoms with Crippen LogP contribution in [0.15, 0.2) is 48.8 Å². The van der Waals surface area contributed by atoms with E-state index in [1.54, 1.807) is 24.5 Å². The highest BCUT2D eigenvalue weighted by Gasteiger charge is 2.32. The van der Waals surface area contributed by atoms with Gasteiger partial charge in [-0.15, -0.1) is 0 Å². The molecule has 2 amide bonds. The molecule has 3 rings (SSSR count). The lowest BCUT2D eigenvalue weighted by atomic mass is 10.1. The number of halogens is 3. The Morgan fingerprint density at radius 1 is 1.26 bits per heavy atom. The van der Waals surface area contributed by atoms with Gasteiger partial charge >= 0.3 is 6.18 Å². The summed E-state index contributed by atoms with van der Waals surface area (Å²) in [5.41, 5.74) is -0.163. The van der Waals surface area contributed by atoms with Crippen LogP contribution in [0.2, 0.25) is 0 Å². The molecule has 1 aliphatic rings. The standard InChI is InChI=1S/C19H18F3N3O2/c20-19(21,22)15-5-1-4-14(9-15)18(27)25(11-13-3-2-8-23-10-13)12-16-6-7-17(26)24-16/h1-5,8-10,16H,6-7,11-12H2,(H,24,26). The maximum absolute atomic E-state index is 13.0. The summed E-state index contributed by atoms with van der Waals surface area (Å²) in [5.74, 6) is -0.612. The minimum atomic E-state index is -4.52. The average Bonchev–Trinajstić information content (AvgIpc) is 3.06. The third kappa shape index (κ3) is 4.84. The van der Waals surface area contributed by atoms with Gasteiger partial charge in [-0.3, -0.25) is 14.6 Å². The number of pyridine rings is 1. The molecule has 1 N–H and O–H groups in total. The summed E-state index contributed by atoms with van der Waals surface area (Å²) in [4.78, 5) is 29.8. The van der Waals surface area contributed by atoms with Crippen molar-refractivity contribution in [1.82, 2.24) is 15.2 Å². The van der Waals surface area contributed by atoms with Gasteiger partial charge in [0.15, 0.2) is 0 Å². The van der Waals surface area contributed by atoms with Gasteiger partial charge in [-0.05, 0) is 36.2 Å². The molecule has 1 aliphatic heterocycles. The highest BCUT2D eigenvalue weighted by molar-refractivity contribution is 5.94. The van der Waals surface area contributed by atoms with Crippen molar-refractivity contribution < 1.29 is 22.8 Å². The van der Waals surface area contributed by atoms with Gasteiger partial charge in [-0.1, -0.05) is 12.1 Å². The van der Waals surface area contributed by atoms with Crippen LogP contribution in [-0.2, 0) is 17.5 Å². The third-order valence-electron chi connectivity index (χ3n) is 4.35. The molecule has 0 spiro atoms. The zero-order chi connectivity index (χ0) is 19.4. The Morgan fingerprint density at radius 3 is 2.70 bits per heavy atom. The maximum atomic E-state index is 13.0. The number of hydrogen-bond donors (Lipinski definition) is 1. The molecule has 1 aromatic carbocycles. The van der Waals surface area contributed by atoms with Crippen LogP contribution in [0.1, 0.15) is 34.3 Å². The topological polar surface area (TPSA) is 62.3 Å². The predicted octanol–water partition coefficient (Wildman–Crippen LogP) is 3.02. The summed E-state index contributed by atoms with van der Waals surface area (Å²) < 4.78 is 38.9. The fourth-order valence-electron chi connectivity index (χ4n) is 3.02. The minimum Gasteiger partial charge on any atom is -0.352 e. The molecule has 0 aliphatic carbocycles. The largest absolute Gasteiger partial charge is 0.416 e. The molecular formula is C19H18F3N3O2. The minimum absolute atomic E-state index is 0.0435. The van der Waals surface area contributed by atoms with Crippen molar-refractivity contribution >= 4 is 11.8 Å². The molecule has 27 heavy (non-hydrogen) atoms. The highest BCUT2D eigenvalue weighted by atomic mass is 19.4. The lowest BCUT2D eigenvalue weighted by Gasteiger charge is -2.26. The fourth-order valence-corrected chi connectivity index (χ4v) is 3.02. The van der Waals surface area contributed by atoms with E-state index in [0.717, 1.165) is 17.7 Å². The van der Waals surface area contributed by atoms with Crippen LogP contribution in [0.3, 0.4) is 0 Å². The number of nitrogens with zero attached hydrogens (tertiary/aromatic N) is 2. The van der Waals surface area contributed by atoms with Crippen LogP contribution in [0.4, 0.5) is 13.2 Å². The maximum Gasteiger partial charge on any atom is 0.416 e. The first-order valence-electron chi connectivity index (χ1n) is 8.48. The number of rotatable bonds is 5. The molecule has 1 aromatic heterocycles. The zero-order valence-electron chi connectivity index (χ0n) is 14.4. The summed E-state index contributed by atoms with van der Waals surface area (Å²) >= 11 is 0. The Kier molecular flexibility index (Phi) is 5.43. The van der Waals surface area contributed by atoms with E-state index in [9.17, 15) is 22.8 Å². The molecule has 1 atom stereocenters. The molecule has 2 heterocycles. The molecule has 5 nitrogen and oxygen atoms in total. The van der Waals surface area contributed by atoms with E-state index < -0.39 is 17.6 Å². The first kappa shape index (κ1) is 18.9. The second-order valence-corrected chi connectivity index (χ2v) is 6.43. The van der Waals surface area contributed by atoms with E-state index in [-0.39, 0.29) is 30.6 Å².